The lowest BCUT2D eigenvalue weighted by molar-refractivity contribution is 0.107. The van der Waals surface area contributed by atoms with E-state index in [1.807, 2.05) is 24.3 Å². The first kappa shape index (κ1) is 27.5. The van der Waals surface area contributed by atoms with Gasteiger partial charge in [-0.05, 0) is 48.7 Å². The van der Waals surface area contributed by atoms with Gasteiger partial charge in [-0.15, -0.1) is 0 Å². The molecule has 8 heteroatoms. The third-order valence-electron chi connectivity index (χ3n) is 6.82. The Morgan fingerprint density at radius 2 is 1.84 bits per heavy atom. The zero-order chi connectivity index (χ0) is 26.9. The van der Waals surface area contributed by atoms with E-state index in [4.69, 9.17) is 4.74 Å². The Morgan fingerprint density at radius 1 is 1.16 bits per heavy atom. The van der Waals surface area contributed by atoms with Gasteiger partial charge in [0.25, 0.3) is 5.56 Å². The standard InChI is InChI=1S/C30H35FN4O3/c1-21(31)16-32-17-26(15-28-29(36)30(37)34-20-33-28)25-11-9-23(10-12-25)4-3-22-5-7-24(8-6-22)18-35-14-13-27(19-35)38-2/h5-12,20-21,26-27,32,36H,13-19H2,1-2H3,(H,33,34,37)/t21?,26-,27?/m0/s1. The van der Waals surface area contributed by atoms with Crippen LogP contribution in [-0.2, 0) is 17.7 Å². The minimum absolute atomic E-state index is 0.113. The molecule has 38 heavy (non-hydrogen) atoms. The topological polar surface area (TPSA) is 90.5 Å². The molecule has 3 atom stereocenters. The molecule has 0 radical (unpaired) electrons. The van der Waals surface area contributed by atoms with Crippen LogP contribution in [0.2, 0.25) is 0 Å². The van der Waals surface area contributed by atoms with E-state index in [0.29, 0.717) is 24.8 Å². The molecule has 0 saturated carbocycles. The van der Waals surface area contributed by atoms with E-state index in [1.165, 1.54) is 18.8 Å². The van der Waals surface area contributed by atoms with E-state index in [9.17, 15) is 14.3 Å². The maximum Gasteiger partial charge on any atom is 0.293 e. The fourth-order valence-corrected chi connectivity index (χ4v) is 4.64. The molecule has 0 bridgehead atoms. The van der Waals surface area contributed by atoms with E-state index in [0.717, 1.165) is 42.7 Å². The summed E-state index contributed by atoms with van der Waals surface area (Å²) in [6.45, 7) is 5.14. The van der Waals surface area contributed by atoms with Crippen LogP contribution in [0.25, 0.3) is 0 Å². The molecular formula is C30H35FN4O3. The summed E-state index contributed by atoms with van der Waals surface area (Å²) in [6, 6.07) is 16.2. The highest BCUT2D eigenvalue weighted by Crippen LogP contribution is 2.23. The number of likely N-dealkylation sites (tertiary alicyclic amines) is 1. The Labute approximate surface area is 223 Å². The van der Waals surface area contributed by atoms with Crippen LogP contribution < -0.4 is 10.9 Å². The van der Waals surface area contributed by atoms with Crippen molar-refractivity contribution in [2.24, 2.45) is 0 Å². The quantitative estimate of drug-likeness (QED) is 0.357. The summed E-state index contributed by atoms with van der Waals surface area (Å²) in [7, 11) is 1.78. The number of H-pyrrole nitrogens is 1. The summed E-state index contributed by atoms with van der Waals surface area (Å²) in [5.41, 5.74) is 3.81. The van der Waals surface area contributed by atoms with E-state index in [2.05, 4.69) is 56.3 Å². The van der Waals surface area contributed by atoms with Gasteiger partial charge in [0.1, 0.15) is 6.17 Å². The number of hydrogen-bond donors (Lipinski definition) is 3. The maximum atomic E-state index is 13.3. The number of alkyl halides is 1. The number of ether oxygens (including phenoxy) is 1. The Kier molecular flexibility index (Phi) is 9.66. The molecule has 3 aromatic rings. The van der Waals surface area contributed by atoms with Crippen molar-refractivity contribution in [1.29, 1.82) is 0 Å². The highest BCUT2D eigenvalue weighted by molar-refractivity contribution is 5.44. The average Bonchev–Trinajstić information content (AvgIpc) is 3.38. The lowest BCUT2D eigenvalue weighted by Crippen LogP contribution is -2.28. The summed E-state index contributed by atoms with van der Waals surface area (Å²) < 4.78 is 18.8. The molecule has 1 saturated heterocycles. The SMILES string of the molecule is COC1CCN(Cc2ccc(C#Cc3ccc([C@H](CNCC(C)F)Cc4nc[nH]c(=O)c4O)cc3)cc2)C1. The molecule has 0 spiro atoms. The maximum absolute atomic E-state index is 13.3. The van der Waals surface area contributed by atoms with Crippen molar-refractivity contribution in [3.05, 3.63) is 93.2 Å². The van der Waals surface area contributed by atoms with Gasteiger partial charge in [-0.2, -0.15) is 0 Å². The van der Waals surface area contributed by atoms with Crippen LogP contribution in [0.1, 0.15) is 47.2 Å². The van der Waals surface area contributed by atoms with Crippen molar-refractivity contribution < 1.29 is 14.2 Å². The molecule has 1 aliphatic heterocycles. The van der Waals surface area contributed by atoms with Crippen LogP contribution >= 0.6 is 0 Å². The van der Waals surface area contributed by atoms with Gasteiger partial charge in [-0.3, -0.25) is 9.69 Å². The van der Waals surface area contributed by atoms with Crippen molar-refractivity contribution >= 4 is 0 Å². The summed E-state index contributed by atoms with van der Waals surface area (Å²) in [5.74, 6) is 5.95. The number of aromatic amines is 1. The molecule has 3 N–H and O–H groups in total. The van der Waals surface area contributed by atoms with Gasteiger partial charge in [0.2, 0.25) is 5.75 Å². The van der Waals surface area contributed by atoms with E-state index < -0.39 is 11.7 Å². The normalized spacial score (nSPS) is 17.1. The molecule has 2 heterocycles. The van der Waals surface area contributed by atoms with Crippen molar-refractivity contribution in [3.8, 4) is 17.6 Å². The summed E-state index contributed by atoms with van der Waals surface area (Å²) >= 11 is 0. The molecule has 1 fully saturated rings. The smallest absolute Gasteiger partial charge is 0.293 e. The van der Waals surface area contributed by atoms with Gasteiger partial charge in [0, 0.05) is 63.3 Å². The van der Waals surface area contributed by atoms with Crippen molar-refractivity contribution in [2.45, 2.75) is 44.5 Å². The molecule has 2 aromatic carbocycles. The molecule has 1 aliphatic rings. The van der Waals surface area contributed by atoms with Gasteiger partial charge in [0.15, 0.2) is 0 Å². The van der Waals surface area contributed by atoms with E-state index >= 15 is 0 Å². The van der Waals surface area contributed by atoms with Crippen molar-refractivity contribution in [1.82, 2.24) is 20.2 Å². The Morgan fingerprint density at radius 3 is 2.47 bits per heavy atom. The first-order valence-electron chi connectivity index (χ1n) is 13.0. The van der Waals surface area contributed by atoms with Crippen LogP contribution in [0.4, 0.5) is 4.39 Å². The zero-order valence-corrected chi connectivity index (χ0v) is 21.9. The lowest BCUT2D eigenvalue weighted by Gasteiger charge is -2.19. The third-order valence-corrected chi connectivity index (χ3v) is 6.82. The highest BCUT2D eigenvalue weighted by atomic mass is 19.1. The van der Waals surface area contributed by atoms with Crippen LogP contribution in [0.15, 0.2) is 59.7 Å². The van der Waals surface area contributed by atoms with Crippen LogP contribution in [0.3, 0.4) is 0 Å². The van der Waals surface area contributed by atoms with Gasteiger partial charge in [0.05, 0.1) is 18.1 Å². The molecule has 0 aliphatic carbocycles. The van der Waals surface area contributed by atoms with Crippen LogP contribution in [0, 0.1) is 11.8 Å². The molecule has 7 nitrogen and oxygen atoms in total. The van der Waals surface area contributed by atoms with Crippen LogP contribution in [0.5, 0.6) is 5.75 Å². The van der Waals surface area contributed by atoms with E-state index in [-0.39, 0.29) is 18.2 Å². The first-order chi connectivity index (χ1) is 18.4. The molecular weight excluding hydrogens is 483 g/mol. The molecule has 2 unspecified atom stereocenters. The van der Waals surface area contributed by atoms with Gasteiger partial charge >= 0.3 is 0 Å². The predicted octanol–water partition coefficient (Wildman–Crippen LogP) is 3.37. The second-order valence-corrected chi connectivity index (χ2v) is 9.82. The van der Waals surface area contributed by atoms with Gasteiger partial charge in [-0.1, -0.05) is 36.1 Å². The summed E-state index contributed by atoms with van der Waals surface area (Å²) in [4.78, 5) is 20.7. The third kappa shape index (κ3) is 7.75. The number of nitrogens with one attached hydrogen (secondary N) is 2. The van der Waals surface area contributed by atoms with Crippen LogP contribution in [-0.4, -0.2) is 65.5 Å². The molecule has 0 amide bonds. The molecule has 4 rings (SSSR count). The average molecular weight is 519 g/mol. The Hall–Kier alpha value is -3.51. The fraction of sp³-hybridized carbons (Fsp3) is 0.400. The number of aromatic hydroxyl groups is 1. The fourth-order valence-electron chi connectivity index (χ4n) is 4.64. The lowest BCUT2D eigenvalue weighted by atomic mass is 9.93. The second-order valence-electron chi connectivity index (χ2n) is 9.82. The number of methoxy groups -OCH3 is 1. The number of halogens is 1. The van der Waals surface area contributed by atoms with Gasteiger partial charge in [-0.25, -0.2) is 9.37 Å². The monoisotopic (exact) mass is 518 g/mol. The minimum Gasteiger partial charge on any atom is -0.502 e. The number of benzene rings is 2. The number of rotatable bonds is 10. The Bertz CT molecular complexity index is 1300. The first-order valence-corrected chi connectivity index (χ1v) is 13.0. The van der Waals surface area contributed by atoms with Gasteiger partial charge < -0.3 is 20.1 Å². The predicted molar refractivity (Wildman–Crippen MR) is 146 cm³/mol. The summed E-state index contributed by atoms with van der Waals surface area (Å²) in [6.07, 6.45) is 2.06. The largest absolute Gasteiger partial charge is 0.502 e. The molecule has 200 valence electrons. The minimum atomic E-state index is -0.975. The number of hydrogen-bond acceptors (Lipinski definition) is 6. The number of nitrogens with zero attached hydrogens (tertiary/aromatic N) is 2. The summed E-state index contributed by atoms with van der Waals surface area (Å²) in [5, 5.41) is 13.2. The number of aromatic nitrogens is 2. The Balaban J connectivity index is 1.41. The zero-order valence-electron chi connectivity index (χ0n) is 21.9. The van der Waals surface area contributed by atoms with Crippen molar-refractivity contribution in [3.63, 3.8) is 0 Å². The van der Waals surface area contributed by atoms with Crippen molar-refractivity contribution in [2.75, 3.05) is 33.3 Å². The molecule has 1 aromatic heterocycles. The highest BCUT2D eigenvalue weighted by Gasteiger charge is 2.21. The van der Waals surface area contributed by atoms with E-state index in [1.54, 1.807) is 7.11 Å². The second kappa shape index (κ2) is 13.3.